The molecule has 1 spiro atoms. The lowest BCUT2D eigenvalue weighted by atomic mass is 9.42. The van der Waals surface area contributed by atoms with Gasteiger partial charge in [-0.25, -0.2) is 0 Å². The average molecular weight is 470 g/mol. The highest BCUT2D eigenvalue weighted by Crippen LogP contribution is 2.80. The second kappa shape index (κ2) is 6.89. The molecule has 5 saturated carbocycles. The van der Waals surface area contributed by atoms with Crippen LogP contribution in [0.4, 0.5) is 0 Å². The molecule has 9 heteroatoms. The van der Waals surface area contributed by atoms with E-state index in [1.165, 1.54) is 7.11 Å². The highest BCUT2D eigenvalue weighted by Gasteiger charge is 2.92. The maximum Gasteiger partial charge on any atom is 0.136 e. The first kappa shape index (κ1) is 23.1. The summed E-state index contributed by atoms with van der Waals surface area (Å²) in [4.78, 5) is 2.18. The lowest BCUT2D eigenvalue weighted by molar-refractivity contribution is -0.319. The monoisotopic (exact) mass is 469 g/mol. The zero-order valence-electron chi connectivity index (χ0n) is 19.9. The predicted octanol–water partition coefficient (Wildman–Crippen LogP) is -1.41. The number of methoxy groups -OCH3 is 3. The van der Waals surface area contributed by atoms with Crippen LogP contribution in [0.15, 0.2) is 0 Å². The number of fused-ring (bicyclic) bond motifs is 2. The molecule has 33 heavy (non-hydrogen) atoms. The van der Waals surface area contributed by atoms with Crippen LogP contribution in [0.1, 0.15) is 26.2 Å². The van der Waals surface area contributed by atoms with E-state index in [-0.39, 0.29) is 12.3 Å². The summed E-state index contributed by atoms with van der Waals surface area (Å²) in [5.74, 6) is -2.29. The predicted molar refractivity (Wildman–Crippen MR) is 115 cm³/mol. The Morgan fingerprint density at radius 1 is 1.00 bits per heavy atom. The Morgan fingerprint density at radius 2 is 1.70 bits per heavy atom. The number of piperidine rings is 1. The number of nitrogens with zero attached hydrogens (tertiary/aromatic N) is 1. The molecule has 7 bridgehead atoms. The zero-order valence-corrected chi connectivity index (χ0v) is 19.9. The molecule has 188 valence electrons. The van der Waals surface area contributed by atoms with E-state index in [1.807, 2.05) is 6.92 Å². The Balaban J connectivity index is 1.69. The highest BCUT2D eigenvalue weighted by molar-refractivity contribution is 5.42. The third kappa shape index (κ3) is 2.12. The Bertz CT molecular complexity index is 830. The summed E-state index contributed by atoms with van der Waals surface area (Å²) in [5.41, 5.74) is -4.85. The normalized spacial score (nSPS) is 63.2. The van der Waals surface area contributed by atoms with Crippen LogP contribution >= 0.6 is 0 Å². The molecule has 1 saturated heterocycles. The Hall–Kier alpha value is -0.360. The number of ether oxygens (including phenoxy) is 3. The van der Waals surface area contributed by atoms with Crippen molar-refractivity contribution in [2.75, 3.05) is 41.0 Å². The minimum absolute atomic E-state index is 0.101. The second-order valence-electron chi connectivity index (χ2n) is 11.8. The number of aliphatic hydroxyl groups is 5. The number of likely N-dealkylation sites (N-methyl/N-ethyl adjacent to an activating group) is 1. The molecule has 5 aliphatic carbocycles. The third-order valence-corrected chi connectivity index (χ3v) is 11.3. The standard InChI is InChI=1S/C24H39NO8/c1-5-25-9-21(10-31-2)7-6-12(26)23-15-14-16(27)13(17(15)28)11(32-3)8-22(14,29)24(30,20(23)25)19(33-4)18(21)23/h11-20,26-30H,5-10H2,1-4H3/t11-,12+,13+,14+,15-,16+,17-,18-,19-,20+,21+,22+,23-,24-/m1/s1. The van der Waals surface area contributed by atoms with Gasteiger partial charge in [-0.15, -0.1) is 0 Å². The van der Waals surface area contributed by atoms with Gasteiger partial charge in [0.1, 0.15) is 11.2 Å². The van der Waals surface area contributed by atoms with E-state index in [0.717, 1.165) is 0 Å². The van der Waals surface area contributed by atoms with Crippen LogP contribution < -0.4 is 0 Å². The van der Waals surface area contributed by atoms with Crippen molar-refractivity contribution in [2.24, 2.45) is 34.5 Å². The molecular weight excluding hydrogens is 430 g/mol. The van der Waals surface area contributed by atoms with Gasteiger partial charge in [-0.05, 0) is 19.4 Å². The summed E-state index contributed by atoms with van der Waals surface area (Å²) in [6, 6.07) is -0.618. The van der Waals surface area contributed by atoms with Crippen LogP contribution in [-0.2, 0) is 14.2 Å². The molecule has 14 atom stereocenters. The largest absolute Gasteiger partial charge is 0.392 e. The first-order valence-electron chi connectivity index (χ1n) is 12.4. The molecule has 9 nitrogen and oxygen atoms in total. The van der Waals surface area contributed by atoms with Gasteiger partial charge in [0.25, 0.3) is 0 Å². The van der Waals surface area contributed by atoms with E-state index >= 15 is 0 Å². The smallest absolute Gasteiger partial charge is 0.136 e. The Labute approximate surface area is 194 Å². The molecule has 6 aliphatic rings. The quantitative estimate of drug-likeness (QED) is 0.329. The van der Waals surface area contributed by atoms with Gasteiger partial charge in [-0.3, -0.25) is 4.90 Å². The van der Waals surface area contributed by atoms with E-state index in [4.69, 9.17) is 14.2 Å². The summed E-state index contributed by atoms with van der Waals surface area (Å²) in [7, 11) is 4.74. The average Bonchev–Trinajstić information content (AvgIpc) is 3.09. The number of rotatable bonds is 5. The van der Waals surface area contributed by atoms with Crippen LogP contribution in [0.2, 0.25) is 0 Å². The minimum atomic E-state index is -1.75. The molecule has 0 aromatic rings. The van der Waals surface area contributed by atoms with Crippen molar-refractivity contribution < 1.29 is 39.7 Å². The van der Waals surface area contributed by atoms with Crippen molar-refractivity contribution in [3.63, 3.8) is 0 Å². The topological polar surface area (TPSA) is 132 Å². The molecule has 0 radical (unpaired) electrons. The fraction of sp³-hybridized carbons (Fsp3) is 1.00. The molecular formula is C24H39NO8. The van der Waals surface area contributed by atoms with E-state index in [0.29, 0.717) is 32.5 Å². The fourth-order valence-corrected chi connectivity index (χ4v) is 10.7. The Morgan fingerprint density at radius 3 is 2.30 bits per heavy atom. The third-order valence-electron chi connectivity index (χ3n) is 11.3. The maximum absolute atomic E-state index is 12.8. The molecule has 1 heterocycles. The van der Waals surface area contributed by atoms with Gasteiger partial charge in [0.15, 0.2) is 0 Å². The van der Waals surface area contributed by atoms with E-state index in [1.54, 1.807) is 14.2 Å². The maximum atomic E-state index is 12.8. The van der Waals surface area contributed by atoms with Crippen LogP contribution in [-0.4, -0.2) is 119 Å². The first-order chi connectivity index (χ1) is 15.7. The van der Waals surface area contributed by atoms with Crippen molar-refractivity contribution in [1.29, 1.82) is 0 Å². The van der Waals surface area contributed by atoms with Crippen molar-refractivity contribution in [3.8, 4) is 0 Å². The van der Waals surface area contributed by atoms with Gasteiger partial charge in [0.2, 0.25) is 0 Å². The van der Waals surface area contributed by atoms with Crippen molar-refractivity contribution >= 4 is 0 Å². The number of aliphatic hydroxyl groups excluding tert-OH is 3. The summed E-state index contributed by atoms with van der Waals surface area (Å²) in [6.45, 7) is 3.73. The second-order valence-corrected chi connectivity index (χ2v) is 11.8. The highest BCUT2D eigenvalue weighted by atomic mass is 16.5. The van der Waals surface area contributed by atoms with Crippen molar-refractivity contribution in [3.05, 3.63) is 0 Å². The van der Waals surface area contributed by atoms with Crippen LogP contribution in [0.3, 0.4) is 0 Å². The lowest BCUT2D eigenvalue weighted by Crippen LogP contribution is -2.82. The van der Waals surface area contributed by atoms with Gasteiger partial charge in [0.05, 0.1) is 43.2 Å². The number of hydrogen-bond acceptors (Lipinski definition) is 9. The van der Waals surface area contributed by atoms with Crippen LogP contribution in [0.5, 0.6) is 0 Å². The SMILES string of the molecule is CCN1C[C@]2(COC)CC[C@H](O)[C@@]34[C@H]5[C@H](O)[C@@H]6[C@H](O)[C@H]5[C@@](O)(C[C@H]6OC)[C@@](O)([C@H](OC)[C@H]23)[C@@H]14. The van der Waals surface area contributed by atoms with Gasteiger partial charge in [-0.2, -0.15) is 0 Å². The zero-order chi connectivity index (χ0) is 23.7. The van der Waals surface area contributed by atoms with E-state index in [9.17, 15) is 25.5 Å². The van der Waals surface area contributed by atoms with Crippen LogP contribution in [0.25, 0.3) is 0 Å². The van der Waals surface area contributed by atoms with Gasteiger partial charge < -0.3 is 39.7 Å². The van der Waals surface area contributed by atoms with Crippen molar-refractivity contribution in [1.82, 2.24) is 4.90 Å². The number of likely N-dealkylation sites (tertiary alicyclic amines) is 1. The summed E-state index contributed by atoms with van der Waals surface area (Å²) in [5, 5.41) is 60.3. The molecule has 6 fully saturated rings. The van der Waals surface area contributed by atoms with Gasteiger partial charge >= 0.3 is 0 Å². The van der Waals surface area contributed by atoms with Crippen LogP contribution in [0, 0.1) is 34.5 Å². The lowest BCUT2D eigenvalue weighted by Gasteiger charge is -2.69. The molecule has 0 unspecified atom stereocenters. The molecule has 1 aliphatic heterocycles. The van der Waals surface area contributed by atoms with E-state index in [2.05, 4.69) is 4.90 Å². The first-order valence-corrected chi connectivity index (χ1v) is 12.4. The van der Waals surface area contributed by atoms with Crippen molar-refractivity contribution in [2.45, 2.75) is 73.9 Å². The molecule has 0 amide bonds. The minimum Gasteiger partial charge on any atom is -0.392 e. The molecule has 5 N–H and O–H groups in total. The molecule has 6 rings (SSSR count). The van der Waals surface area contributed by atoms with Gasteiger partial charge in [-0.1, -0.05) is 6.92 Å². The Kier molecular flexibility index (Phi) is 4.82. The van der Waals surface area contributed by atoms with E-state index < -0.39 is 76.3 Å². The summed E-state index contributed by atoms with van der Waals surface area (Å²) >= 11 is 0. The number of hydrogen-bond donors (Lipinski definition) is 5. The molecule has 0 aromatic heterocycles. The summed E-state index contributed by atoms with van der Waals surface area (Å²) in [6.07, 6.45) is -2.91. The fourth-order valence-electron chi connectivity index (χ4n) is 10.7. The summed E-state index contributed by atoms with van der Waals surface area (Å²) < 4.78 is 17.5. The van der Waals surface area contributed by atoms with Gasteiger partial charge in [0, 0.05) is 68.8 Å². The molecule has 0 aromatic carbocycles.